The lowest BCUT2D eigenvalue weighted by molar-refractivity contribution is -0.116. The van der Waals surface area contributed by atoms with E-state index in [4.69, 9.17) is 4.74 Å². The van der Waals surface area contributed by atoms with E-state index in [0.717, 1.165) is 15.8 Å². The maximum Gasteiger partial charge on any atom is 0.283 e. The van der Waals surface area contributed by atoms with Crippen molar-refractivity contribution in [2.24, 2.45) is 0 Å². The average molecular weight is 469 g/mol. The van der Waals surface area contributed by atoms with Crippen molar-refractivity contribution in [3.63, 3.8) is 0 Å². The number of carbonyl (C=O) groups excluding carboxylic acids is 1. The number of benzene rings is 2. The van der Waals surface area contributed by atoms with Crippen molar-refractivity contribution in [2.45, 2.75) is 13.1 Å². The number of nitrogens with zero attached hydrogens (tertiary/aromatic N) is 5. The van der Waals surface area contributed by atoms with Gasteiger partial charge in [0.05, 0.1) is 13.7 Å². The number of aromatic nitrogens is 5. The van der Waals surface area contributed by atoms with Gasteiger partial charge in [-0.25, -0.2) is 9.67 Å². The molecule has 0 atom stereocenters. The Bertz CT molecular complexity index is 1270. The quantitative estimate of drug-likeness (QED) is 0.465. The van der Waals surface area contributed by atoms with Gasteiger partial charge in [-0.1, -0.05) is 33.3 Å². The number of nitrogens with one attached hydrogen (secondary N) is 1. The summed E-state index contributed by atoms with van der Waals surface area (Å²) in [5, 5.41) is 10.8. The fraction of sp³-hybridized carbons (Fsp3) is 0.150. The molecule has 2 aromatic carbocycles. The molecule has 152 valence electrons. The summed E-state index contributed by atoms with van der Waals surface area (Å²) in [6.07, 6.45) is 1.33. The van der Waals surface area contributed by atoms with E-state index in [9.17, 15) is 9.59 Å². The van der Waals surface area contributed by atoms with E-state index in [-0.39, 0.29) is 18.0 Å². The summed E-state index contributed by atoms with van der Waals surface area (Å²) in [5.41, 5.74) is 1.60. The first-order chi connectivity index (χ1) is 14.5. The van der Waals surface area contributed by atoms with Crippen LogP contribution >= 0.6 is 15.9 Å². The van der Waals surface area contributed by atoms with Crippen LogP contribution in [0.25, 0.3) is 11.2 Å². The minimum absolute atomic E-state index is 0.108. The summed E-state index contributed by atoms with van der Waals surface area (Å²) in [5.74, 6) is 0.383. The number of carbonyl (C=O) groups is 1. The Morgan fingerprint density at radius 1 is 1.20 bits per heavy atom. The van der Waals surface area contributed by atoms with Crippen LogP contribution in [0.4, 0.5) is 5.69 Å². The SMILES string of the molecule is COc1cccc(Cn2nnc3c(=O)n(CC(=O)Nc4ccc(Br)cc4)cnc32)c1. The van der Waals surface area contributed by atoms with Gasteiger partial charge in [0.1, 0.15) is 18.6 Å². The first-order valence-electron chi connectivity index (χ1n) is 9.00. The number of amides is 1. The molecule has 0 aliphatic rings. The minimum Gasteiger partial charge on any atom is -0.497 e. The highest BCUT2D eigenvalue weighted by Crippen LogP contribution is 2.15. The Labute approximate surface area is 179 Å². The van der Waals surface area contributed by atoms with E-state index in [1.807, 2.05) is 36.4 Å². The number of ether oxygens (including phenoxy) is 1. The van der Waals surface area contributed by atoms with Gasteiger partial charge in [0, 0.05) is 10.2 Å². The van der Waals surface area contributed by atoms with Crippen molar-refractivity contribution in [1.29, 1.82) is 0 Å². The minimum atomic E-state index is -0.428. The molecule has 0 fully saturated rings. The molecule has 10 heteroatoms. The van der Waals surface area contributed by atoms with Crippen LogP contribution in [-0.4, -0.2) is 37.6 Å². The number of anilines is 1. The first kappa shape index (κ1) is 19.8. The Hall–Kier alpha value is -3.53. The zero-order chi connectivity index (χ0) is 21.1. The van der Waals surface area contributed by atoms with Crippen molar-refractivity contribution in [2.75, 3.05) is 12.4 Å². The average Bonchev–Trinajstić information content (AvgIpc) is 3.15. The van der Waals surface area contributed by atoms with Gasteiger partial charge in [-0.05, 0) is 42.0 Å². The molecule has 0 radical (unpaired) electrons. The largest absolute Gasteiger partial charge is 0.497 e. The third-order valence-corrected chi connectivity index (χ3v) is 4.93. The lowest BCUT2D eigenvalue weighted by Gasteiger charge is -2.07. The highest BCUT2D eigenvalue weighted by Gasteiger charge is 2.14. The highest BCUT2D eigenvalue weighted by molar-refractivity contribution is 9.10. The molecule has 0 bridgehead atoms. The van der Waals surface area contributed by atoms with E-state index in [1.54, 1.807) is 19.2 Å². The number of hydrogen-bond acceptors (Lipinski definition) is 6. The maximum absolute atomic E-state index is 12.7. The van der Waals surface area contributed by atoms with Gasteiger partial charge in [0.25, 0.3) is 5.56 Å². The number of fused-ring (bicyclic) bond motifs is 1. The molecule has 4 rings (SSSR count). The number of hydrogen-bond donors (Lipinski definition) is 1. The summed E-state index contributed by atoms with van der Waals surface area (Å²) in [6, 6.07) is 14.7. The number of methoxy groups -OCH3 is 1. The van der Waals surface area contributed by atoms with Crippen LogP contribution in [0.15, 0.2) is 64.1 Å². The van der Waals surface area contributed by atoms with Crippen molar-refractivity contribution in [3.8, 4) is 5.75 Å². The van der Waals surface area contributed by atoms with Crippen molar-refractivity contribution in [1.82, 2.24) is 24.5 Å². The number of halogens is 1. The van der Waals surface area contributed by atoms with Gasteiger partial charge >= 0.3 is 0 Å². The Balaban J connectivity index is 1.53. The maximum atomic E-state index is 12.7. The van der Waals surface area contributed by atoms with Crippen molar-refractivity contribution >= 4 is 38.7 Å². The predicted octanol–water partition coefficient (Wildman–Crippen LogP) is 2.45. The first-order valence-corrected chi connectivity index (χ1v) is 9.80. The molecule has 0 aliphatic carbocycles. The van der Waals surface area contributed by atoms with Gasteiger partial charge < -0.3 is 10.1 Å². The molecular formula is C20H17BrN6O3. The Kier molecular flexibility index (Phi) is 5.57. The molecular weight excluding hydrogens is 452 g/mol. The normalized spacial score (nSPS) is 10.9. The standard InChI is InChI=1S/C20H17BrN6O3/c1-30-16-4-2-3-13(9-16)10-27-19-18(24-25-27)20(29)26(12-22-19)11-17(28)23-15-7-5-14(21)6-8-15/h2-9,12H,10-11H2,1H3,(H,23,28). The number of rotatable bonds is 6. The molecule has 2 aromatic heterocycles. The van der Waals surface area contributed by atoms with Gasteiger partial charge in [-0.3, -0.25) is 14.2 Å². The summed E-state index contributed by atoms with van der Waals surface area (Å²) < 4.78 is 8.88. The third-order valence-electron chi connectivity index (χ3n) is 4.40. The van der Waals surface area contributed by atoms with Crippen LogP contribution in [0.1, 0.15) is 5.56 Å². The molecule has 9 nitrogen and oxygen atoms in total. The Morgan fingerprint density at radius 3 is 2.77 bits per heavy atom. The fourth-order valence-corrected chi connectivity index (χ4v) is 3.20. The molecule has 0 aliphatic heterocycles. The lowest BCUT2D eigenvalue weighted by Crippen LogP contribution is -2.28. The molecule has 0 saturated heterocycles. The highest BCUT2D eigenvalue weighted by atomic mass is 79.9. The summed E-state index contributed by atoms with van der Waals surface area (Å²) in [4.78, 5) is 29.3. The third kappa shape index (κ3) is 4.23. The van der Waals surface area contributed by atoms with Crippen LogP contribution in [-0.2, 0) is 17.9 Å². The van der Waals surface area contributed by atoms with Crippen LogP contribution < -0.4 is 15.6 Å². The second-order valence-corrected chi connectivity index (χ2v) is 7.42. The van der Waals surface area contributed by atoms with Crippen LogP contribution in [0.3, 0.4) is 0 Å². The molecule has 0 spiro atoms. The zero-order valence-electron chi connectivity index (χ0n) is 15.9. The van der Waals surface area contributed by atoms with Crippen LogP contribution in [0.2, 0.25) is 0 Å². The van der Waals surface area contributed by atoms with Gasteiger partial charge in [-0.15, -0.1) is 5.10 Å². The molecule has 4 aromatic rings. The predicted molar refractivity (Wildman–Crippen MR) is 114 cm³/mol. The van der Waals surface area contributed by atoms with Crippen molar-refractivity contribution < 1.29 is 9.53 Å². The van der Waals surface area contributed by atoms with Crippen LogP contribution in [0.5, 0.6) is 5.75 Å². The van der Waals surface area contributed by atoms with Gasteiger partial charge in [-0.2, -0.15) is 0 Å². The molecule has 2 heterocycles. The topological polar surface area (TPSA) is 104 Å². The molecule has 0 unspecified atom stereocenters. The molecule has 1 amide bonds. The van der Waals surface area contributed by atoms with Crippen molar-refractivity contribution in [3.05, 3.63) is 75.2 Å². The monoisotopic (exact) mass is 468 g/mol. The van der Waals surface area contributed by atoms with E-state index in [1.165, 1.54) is 15.6 Å². The Morgan fingerprint density at radius 2 is 2.00 bits per heavy atom. The summed E-state index contributed by atoms with van der Waals surface area (Å²) >= 11 is 3.34. The van der Waals surface area contributed by atoms with E-state index in [2.05, 4.69) is 36.5 Å². The molecule has 30 heavy (non-hydrogen) atoms. The van der Waals surface area contributed by atoms with E-state index in [0.29, 0.717) is 17.9 Å². The summed E-state index contributed by atoms with van der Waals surface area (Å²) in [7, 11) is 1.60. The second kappa shape index (κ2) is 8.46. The second-order valence-electron chi connectivity index (χ2n) is 6.50. The molecule has 1 N–H and O–H groups in total. The van der Waals surface area contributed by atoms with Gasteiger partial charge in [0.15, 0.2) is 11.2 Å². The fourth-order valence-electron chi connectivity index (χ4n) is 2.94. The van der Waals surface area contributed by atoms with Gasteiger partial charge in [0.2, 0.25) is 5.91 Å². The lowest BCUT2D eigenvalue weighted by atomic mass is 10.2. The van der Waals surface area contributed by atoms with E-state index < -0.39 is 5.56 Å². The summed E-state index contributed by atoms with van der Waals surface area (Å²) in [6.45, 7) is 0.203. The van der Waals surface area contributed by atoms with E-state index >= 15 is 0 Å². The van der Waals surface area contributed by atoms with Crippen LogP contribution in [0, 0.1) is 0 Å². The zero-order valence-corrected chi connectivity index (χ0v) is 17.5. The smallest absolute Gasteiger partial charge is 0.283 e. The molecule has 0 saturated carbocycles.